The van der Waals surface area contributed by atoms with Crippen molar-refractivity contribution in [2.75, 3.05) is 39.8 Å². The van der Waals surface area contributed by atoms with Gasteiger partial charge in [0.1, 0.15) is 0 Å². The molecule has 1 aromatic heterocycles. The van der Waals surface area contributed by atoms with Crippen molar-refractivity contribution in [2.45, 2.75) is 24.8 Å². The lowest BCUT2D eigenvalue weighted by Crippen LogP contribution is -2.51. The number of carbonyl (C=O) groups is 1. The number of rotatable bonds is 5. The first-order chi connectivity index (χ1) is 17.2. The summed E-state index contributed by atoms with van der Waals surface area (Å²) in [5, 5.41) is 4.31. The van der Waals surface area contributed by atoms with Gasteiger partial charge in [0.2, 0.25) is 19.5 Å². The molecule has 0 unspecified atom stereocenters. The maximum atomic E-state index is 13.5. The molecular formula is C26H25N3O6. The van der Waals surface area contributed by atoms with Crippen LogP contribution in [0.2, 0.25) is 0 Å². The third-order valence-electron chi connectivity index (χ3n) is 7.32. The molecule has 2 aromatic carbocycles. The van der Waals surface area contributed by atoms with Gasteiger partial charge in [-0.1, -0.05) is 11.2 Å². The molecule has 0 atom stereocenters. The van der Waals surface area contributed by atoms with Gasteiger partial charge in [-0.25, -0.2) is 0 Å². The van der Waals surface area contributed by atoms with Gasteiger partial charge in [0.15, 0.2) is 28.8 Å². The Bertz CT molecular complexity index is 1290. The van der Waals surface area contributed by atoms with Crippen LogP contribution in [-0.2, 0) is 16.8 Å². The van der Waals surface area contributed by atoms with E-state index in [9.17, 15) is 4.79 Å². The van der Waals surface area contributed by atoms with Crippen LogP contribution in [0.5, 0.6) is 23.0 Å². The van der Waals surface area contributed by atoms with E-state index in [4.69, 9.17) is 23.5 Å². The number of hydrogen-bond acceptors (Lipinski definition) is 8. The molecule has 1 saturated heterocycles. The molecule has 2 fully saturated rings. The minimum atomic E-state index is -0.558. The summed E-state index contributed by atoms with van der Waals surface area (Å²) in [5.74, 6) is 3.81. The summed E-state index contributed by atoms with van der Waals surface area (Å²) in [4.78, 5) is 17.9. The highest BCUT2D eigenvalue weighted by atomic mass is 16.7. The molecule has 9 nitrogen and oxygen atoms in total. The minimum absolute atomic E-state index is 0.158. The third kappa shape index (κ3) is 3.58. The molecule has 3 aliphatic heterocycles. The summed E-state index contributed by atoms with van der Waals surface area (Å²) in [6.45, 7) is 4.41. The Morgan fingerprint density at radius 2 is 1.51 bits per heavy atom. The van der Waals surface area contributed by atoms with Gasteiger partial charge in [-0.2, -0.15) is 0 Å². The Morgan fingerprint density at radius 1 is 0.829 bits per heavy atom. The molecule has 4 aliphatic rings. The molecule has 35 heavy (non-hydrogen) atoms. The molecule has 0 bridgehead atoms. The topological polar surface area (TPSA) is 86.5 Å². The molecule has 180 valence electrons. The Hall–Kier alpha value is -3.72. The van der Waals surface area contributed by atoms with Crippen molar-refractivity contribution in [3.05, 3.63) is 53.7 Å². The van der Waals surface area contributed by atoms with Crippen LogP contribution in [-0.4, -0.2) is 60.6 Å². The standard InChI is InChI=1S/C26H25N3O6/c30-25(29-9-7-28(8-10-29)14-17-1-3-19-22(11-17)33-15-31-19)26(5-6-26)24-13-21(35-27-24)18-2-4-20-23(12-18)34-16-32-20/h1-4,11-13H,5-10,14-16H2. The second-order valence-corrected chi connectivity index (χ2v) is 9.48. The van der Waals surface area contributed by atoms with Crippen LogP contribution in [0.15, 0.2) is 47.0 Å². The zero-order valence-electron chi connectivity index (χ0n) is 19.2. The SMILES string of the molecule is O=C(N1CCN(Cc2ccc3c(c2)OCO3)CC1)C1(c2cc(-c3ccc4c(c3)OCO4)on2)CC1. The molecule has 4 heterocycles. The fraction of sp³-hybridized carbons (Fsp3) is 0.385. The molecule has 1 amide bonds. The molecule has 1 aliphatic carbocycles. The molecule has 0 radical (unpaired) electrons. The Balaban J connectivity index is 1.01. The van der Waals surface area contributed by atoms with Crippen molar-refractivity contribution >= 4 is 5.91 Å². The van der Waals surface area contributed by atoms with Crippen molar-refractivity contribution in [1.82, 2.24) is 15.0 Å². The maximum absolute atomic E-state index is 13.5. The molecular weight excluding hydrogens is 450 g/mol. The van der Waals surface area contributed by atoms with Gasteiger partial charge in [-0.15, -0.1) is 0 Å². The highest BCUT2D eigenvalue weighted by Gasteiger charge is 2.55. The quantitative estimate of drug-likeness (QED) is 0.556. The molecule has 3 aromatic rings. The first kappa shape index (κ1) is 20.6. The van der Waals surface area contributed by atoms with E-state index in [1.54, 1.807) is 0 Å². The van der Waals surface area contributed by atoms with Crippen LogP contribution < -0.4 is 18.9 Å². The lowest BCUT2D eigenvalue weighted by atomic mass is 9.99. The number of hydrogen-bond donors (Lipinski definition) is 0. The van der Waals surface area contributed by atoms with Crippen molar-refractivity contribution in [3.63, 3.8) is 0 Å². The molecule has 9 heteroatoms. The number of amides is 1. The largest absolute Gasteiger partial charge is 0.454 e. The first-order valence-electron chi connectivity index (χ1n) is 12.0. The van der Waals surface area contributed by atoms with Crippen LogP contribution in [0.3, 0.4) is 0 Å². The summed E-state index contributed by atoms with van der Waals surface area (Å²) >= 11 is 0. The summed E-state index contributed by atoms with van der Waals surface area (Å²) < 4.78 is 27.4. The summed E-state index contributed by atoms with van der Waals surface area (Å²) in [6.07, 6.45) is 1.60. The van der Waals surface area contributed by atoms with Crippen molar-refractivity contribution in [2.24, 2.45) is 0 Å². The number of nitrogens with zero attached hydrogens (tertiary/aromatic N) is 3. The Morgan fingerprint density at radius 3 is 2.26 bits per heavy atom. The van der Waals surface area contributed by atoms with E-state index < -0.39 is 5.41 Å². The zero-order valence-corrected chi connectivity index (χ0v) is 19.2. The van der Waals surface area contributed by atoms with Gasteiger partial charge in [-0.05, 0) is 48.7 Å². The lowest BCUT2D eigenvalue weighted by molar-refractivity contribution is -0.136. The van der Waals surface area contributed by atoms with E-state index in [1.807, 2.05) is 41.3 Å². The summed E-state index contributed by atoms with van der Waals surface area (Å²) in [7, 11) is 0. The minimum Gasteiger partial charge on any atom is -0.454 e. The van der Waals surface area contributed by atoms with E-state index in [2.05, 4.69) is 16.1 Å². The van der Waals surface area contributed by atoms with Crippen LogP contribution >= 0.6 is 0 Å². The predicted octanol–water partition coefficient (Wildman–Crippen LogP) is 3.18. The molecule has 0 N–H and O–H groups in total. The summed E-state index contributed by atoms with van der Waals surface area (Å²) in [6, 6.07) is 13.6. The smallest absolute Gasteiger partial charge is 0.235 e. The van der Waals surface area contributed by atoms with Crippen LogP contribution in [0, 0.1) is 0 Å². The van der Waals surface area contributed by atoms with Crippen LogP contribution in [0.4, 0.5) is 0 Å². The highest BCUT2D eigenvalue weighted by Crippen LogP contribution is 2.50. The van der Waals surface area contributed by atoms with Gasteiger partial charge in [0, 0.05) is 44.4 Å². The number of aromatic nitrogens is 1. The zero-order chi connectivity index (χ0) is 23.4. The number of fused-ring (bicyclic) bond motifs is 2. The van der Waals surface area contributed by atoms with Gasteiger partial charge in [-0.3, -0.25) is 9.69 Å². The number of piperazine rings is 1. The van der Waals surface area contributed by atoms with Gasteiger partial charge < -0.3 is 28.4 Å². The van der Waals surface area contributed by atoms with Gasteiger partial charge in [0.05, 0.1) is 11.1 Å². The normalized spacial score (nSPS) is 19.7. The average molecular weight is 476 g/mol. The number of benzene rings is 2. The van der Waals surface area contributed by atoms with Crippen LogP contribution in [0.25, 0.3) is 11.3 Å². The Labute approximate surface area is 202 Å². The Kier molecular flexibility index (Phi) is 4.66. The molecule has 7 rings (SSSR count). The second kappa shape index (κ2) is 7.91. The van der Waals surface area contributed by atoms with Crippen molar-refractivity contribution in [3.8, 4) is 34.3 Å². The monoisotopic (exact) mass is 475 g/mol. The number of ether oxygens (including phenoxy) is 4. The number of carbonyl (C=O) groups excluding carboxylic acids is 1. The van der Waals surface area contributed by atoms with Gasteiger partial charge >= 0.3 is 0 Å². The third-order valence-corrected chi connectivity index (χ3v) is 7.32. The van der Waals surface area contributed by atoms with Crippen LogP contribution in [0.1, 0.15) is 24.1 Å². The van der Waals surface area contributed by atoms with E-state index in [-0.39, 0.29) is 19.5 Å². The van der Waals surface area contributed by atoms with Gasteiger partial charge in [0.25, 0.3) is 0 Å². The molecule has 0 spiro atoms. The van der Waals surface area contributed by atoms with E-state index in [0.717, 1.165) is 61.0 Å². The van der Waals surface area contributed by atoms with E-state index in [0.29, 0.717) is 24.6 Å². The van der Waals surface area contributed by atoms with E-state index in [1.165, 1.54) is 5.56 Å². The average Bonchev–Trinajstić information content (AvgIpc) is 3.26. The fourth-order valence-corrected chi connectivity index (χ4v) is 5.10. The first-order valence-corrected chi connectivity index (χ1v) is 12.0. The molecule has 1 saturated carbocycles. The van der Waals surface area contributed by atoms with E-state index >= 15 is 0 Å². The lowest BCUT2D eigenvalue weighted by Gasteiger charge is -2.36. The highest BCUT2D eigenvalue weighted by molar-refractivity contribution is 5.91. The fourth-order valence-electron chi connectivity index (χ4n) is 5.10. The second-order valence-electron chi connectivity index (χ2n) is 9.48. The maximum Gasteiger partial charge on any atom is 0.235 e. The van der Waals surface area contributed by atoms with Crippen molar-refractivity contribution < 1.29 is 28.3 Å². The predicted molar refractivity (Wildman–Crippen MR) is 123 cm³/mol. The van der Waals surface area contributed by atoms with Crippen molar-refractivity contribution in [1.29, 1.82) is 0 Å². The summed E-state index contributed by atoms with van der Waals surface area (Å²) in [5.41, 5.74) is 2.20.